The molecule has 2 aromatic heterocycles. The Balaban J connectivity index is 1.82. The molecule has 0 aliphatic carbocycles. The van der Waals surface area contributed by atoms with E-state index in [4.69, 9.17) is 4.74 Å². The van der Waals surface area contributed by atoms with E-state index in [1.165, 1.54) is 0 Å². The van der Waals surface area contributed by atoms with Crippen molar-refractivity contribution in [2.75, 3.05) is 0 Å². The van der Waals surface area contributed by atoms with Gasteiger partial charge in [0.2, 0.25) is 0 Å². The standard InChI is InChI=1S/C25H24F6N6O6/c1-22(2)8-11(9-23(3,4)37-22)41-21-32-10-14(35-36-21)16-15(38)7-12(13-5-6-33-34-13)17(42-19(39)24(26,27)28)18(16)43-20(40)25(29,30)31/h5-7,10-11,37-38H,8-9H2,1-4H3,(H,33,34). The smallest absolute Gasteiger partial charge is 0.491 e. The van der Waals surface area contributed by atoms with Crippen molar-refractivity contribution in [3.63, 3.8) is 0 Å². The van der Waals surface area contributed by atoms with Crippen molar-refractivity contribution < 1.29 is 55.2 Å². The first kappa shape index (κ1) is 31.5. The van der Waals surface area contributed by atoms with Crippen molar-refractivity contribution in [3.8, 4) is 45.8 Å². The molecule has 12 nitrogen and oxygen atoms in total. The van der Waals surface area contributed by atoms with Gasteiger partial charge in [-0.05, 0) is 39.8 Å². The van der Waals surface area contributed by atoms with Gasteiger partial charge in [-0.2, -0.15) is 31.4 Å². The summed E-state index contributed by atoms with van der Waals surface area (Å²) in [6.45, 7) is 7.87. The fourth-order valence-electron chi connectivity index (χ4n) is 4.87. The zero-order valence-electron chi connectivity index (χ0n) is 22.8. The molecule has 18 heteroatoms. The maximum absolute atomic E-state index is 13.2. The number of H-pyrrole nitrogens is 1. The molecule has 1 fully saturated rings. The van der Waals surface area contributed by atoms with Crippen LogP contribution in [0.4, 0.5) is 26.3 Å². The van der Waals surface area contributed by atoms with E-state index in [1.54, 1.807) is 0 Å². The molecule has 0 radical (unpaired) electrons. The predicted molar refractivity (Wildman–Crippen MR) is 133 cm³/mol. The predicted octanol–water partition coefficient (Wildman–Crippen LogP) is 4.26. The minimum atomic E-state index is -5.65. The molecule has 4 rings (SSSR count). The summed E-state index contributed by atoms with van der Waals surface area (Å²) in [6.07, 6.45) is -8.59. The average molecular weight is 618 g/mol. The van der Waals surface area contributed by atoms with Crippen LogP contribution >= 0.6 is 0 Å². The van der Waals surface area contributed by atoms with Crippen molar-refractivity contribution in [2.24, 2.45) is 0 Å². The number of carbonyl (C=O) groups excluding carboxylic acids is 2. The topological polar surface area (TPSA) is 161 Å². The Bertz CT molecular complexity index is 1490. The van der Waals surface area contributed by atoms with Gasteiger partial charge in [-0.15, -0.1) is 5.10 Å². The van der Waals surface area contributed by atoms with Crippen LogP contribution in [0, 0.1) is 0 Å². The molecule has 232 valence electrons. The van der Waals surface area contributed by atoms with Crippen molar-refractivity contribution >= 4 is 11.9 Å². The fourth-order valence-corrected chi connectivity index (χ4v) is 4.87. The van der Waals surface area contributed by atoms with Crippen LogP contribution in [0.5, 0.6) is 23.3 Å². The average Bonchev–Trinajstić information content (AvgIpc) is 3.38. The number of piperidine rings is 1. The molecule has 3 N–H and O–H groups in total. The quantitative estimate of drug-likeness (QED) is 0.206. The highest BCUT2D eigenvalue weighted by atomic mass is 19.4. The number of rotatable bonds is 6. The van der Waals surface area contributed by atoms with E-state index < -0.39 is 58.4 Å². The molecule has 1 aromatic carbocycles. The number of hydrogen-bond acceptors (Lipinski definition) is 11. The largest absolute Gasteiger partial charge is 0.507 e. The normalized spacial score (nSPS) is 16.9. The minimum absolute atomic E-state index is 0.225. The van der Waals surface area contributed by atoms with E-state index in [0.717, 1.165) is 24.5 Å². The van der Waals surface area contributed by atoms with E-state index in [1.807, 2.05) is 27.7 Å². The van der Waals surface area contributed by atoms with E-state index in [2.05, 4.69) is 40.2 Å². The number of halogens is 6. The number of aromatic amines is 1. The SMILES string of the molecule is CC1(C)CC(Oc2ncc(-c3c(O)cc(-c4ccn[nH]4)c(OC(=O)C(F)(F)F)c3OC(=O)C(F)(F)F)nn2)CC(C)(C)N1. The maximum Gasteiger partial charge on any atom is 0.491 e. The molecule has 3 heterocycles. The molecule has 0 bridgehead atoms. The number of ether oxygens (including phenoxy) is 3. The lowest BCUT2D eigenvalue weighted by molar-refractivity contribution is -0.191. The Labute approximate surface area is 238 Å². The van der Waals surface area contributed by atoms with E-state index in [9.17, 15) is 41.0 Å². The van der Waals surface area contributed by atoms with Gasteiger partial charge in [0.05, 0.1) is 23.0 Å². The number of carbonyl (C=O) groups is 2. The van der Waals surface area contributed by atoms with Crippen LogP contribution < -0.4 is 19.5 Å². The lowest BCUT2D eigenvalue weighted by Gasteiger charge is -2.45. The Morgan fingerprint density at radius 2 is 1.53 bits per heavy atom. The number of alkyl halides is 6. The third-order valence-corrected chi connectivity index (χ3v) is 6.08. The fraction of sp³-hybridized carbons (Fsp3) is 0.440. The molecule has 1 aliphatic rings. The third kappa shape index (κ3) is 7.30. The van der Waals surface area contributed by atoms with Gasteiger partial charge in [-0.1, -0.05) is 5.10 Å². The van der Waals surface area contributed by atoms with E-state index in [0.29, 0.717) is 12.8 Å². The molecule has 0 saturated carbocycles. The van der Waals surface area contributed by atoms with Crippen LogP contribution in [0.1, 0.15) is 40.5 Å². The molecule has 0 amide bonds. The number of benzene rings is 1. The summed E-state index contributed by atoms with van der Waals surface area (Å²) >= 11 is 0. The van der Waals surface area contributed by atoms with E-state index >= 15 is 0 Å². The Kier molecular flexibility index (Phi) is 8.03. The van der Waals surface area contributed by atoms with Crippen LogP contribution in [-0.2, 0) is 9.59 Å². The van der Waals surface area contributed by atoms with Crippen LogP contribution in [0.25, 0.3) is 22.5 Å². The lowest BCUT2D eigenvalue weighted by Crippen LogP contribution is -2.60. The number of esters is 2. The highest BCUT2D eigenvalue weighted by Gasteiger charge is 2.46. The number of phenols is 1. The lowest BCUT2D eigenvalue weighted by atomic mass is 9.81. The van der Waals surface area contributed by atoms with Crippen molar-refractivity contribution in [3.05, 3.63) is 24.5 Å². The second-order valence-electron chi connectivity index (χ2n) is 10.9. The van der Waals surface area contributed by atoms with Gasteiger partial charge in [0.1, 0.15) is 17.5 Å². The van der Waals surface area contributed by atoms with Crippen LogP contribution in [0.2, 0.25) is 0 Å². The third-order valence-electron chi connectivity index (χ3n) is 6.08. The summed E-state index contributed by atoms with van der Waals surface area (Å²) < 4.78 is 93.7. The first-order valence-corrected chi connectivity index (χ1v) is 12.4. The number of nitrogens with one attached hydrogen (secondary N) is 2. The van der Waals surface area contributed by atoms with Crippen LogP contribution in [0.15, 0.2) is 24.5 Å². The summed E-state index contributed by atoms with van der Waals surface area (Å²) in [4.78, 5) is 27.6. The number of hydrogen-bond donors (Lipinski definition) is 3. The highest BCUT2D eigenvalue weighted by molar-refractivity contribution is 5.91. The van der Waals surface area contributed by atoms with Crippen LogP contribution in [-0.4, -0.2) is 72.0 Å². The zero-order chi connectivity index (χ0) is 32.0. The van der Waals surface area contributed by atoms with Gasteiger partial charge in [0.25, 0.3) is 0 Å². The Morgan fingerprint density at radius 1 is 0.953 bits per heavy atom. The maximum atomic E-state index is 13.2. The summed E-state index contributed by atoms with van der Waals surface area (Å²) in [7, 11) is 0. The van der Waals surface area contributed by atoms with Gasteiger partial charge < -0.3 is 24.6 Å². The van der Waals surface area contributed by atoms with Crippen LogP contribution in [0.3, 0.4) is 0 Å². The summed E-state index contributed by atoms with van der Waals surface area (Å²) in [5.41, 5.74) is -2.93. The van der Waals surface area contributed by atoms with Gasteiger partial charge in [-0.25, -0.2) is 14.6 Å². The summed E-state index contributed by atoms with van der Waals surface area (Å²) in [6, 6.07) is 1.61. The number of phenolic OH excluding ortho intramolecular Hbond substituents is 1. The van der Waals surface area contributed by atoms with Gasteiger partial charge in [-0.3, -0.25) is 5.10 Å². The number of aromatic nitrogens is 5. The Morgan fingerprint density at radius 3 is 2.02 bits per heavy atom. The van der Waals surface area contributed by atoms with Crippen molar-refractivity contribution in [1.29, 1.82) is 0 Å². The highest BCUT2D eigenvalue weighted by Crippen LogP contribution is 2.50. The molecule has 0 atom stereocenters. The Hall–Kier alpha value is -4.48. The summed E-state index contributed by atoms with van der Waals surface area (Å²) in [5, 5.41) is 27.7. The molecule has 0 spiro atoms. The number of aromatic hydroxyl groups is 1. The van der Waals surface area contributed by atoms with E-state index in [-0.39, 0.29) is 28.9 Å². The molecular weight excluding hydrogens is 594 g/mol. The summed E-state index contributed by atoms with van der Waals surface area (Å²) in [5.74, 6) is -9.45. The number of nitrogens with zero attached hydrogens (tertiary/aromatic N) is 4. The second-order valence-corrected chi connectivity index (χ2v) is 10.9. The molecule has 1 saturated heterocycles. The second kappa shape index (κ2) is 11.0. The van der Waals surface area contributed by atoms with Gasteiger partial charge in [0.15, 0.2) is 11.5 Å². The van der Waals surface area contributed by atoms with Crippen molar-refractivity contribution in [1.82, 2.24) is 30.7 Å². The first-order valence-electron chi connectivity index (χ1n) is 12.4. The minimum Gasteiger partial charge on any atom is -0.507 e. The first-order chi connectivity index (χ1) is 19.8. The van der Waals surface area contributed by atoms with Gasteiger partial charge >= 0.3 is 30.3 Å². The van der Waals surface area contributed by atoms with Crippen molar-refractivity contribution in [2.45, 2.75) is 70.1 Å². The molecule has 1 aliphatic heterocycles. The molecule has 43 heavy (non-hydrogen) atoms. The zero-order valence-corrected chi connectivity index (χ0v) is 22.8. The molecule has 3 aromatic rings. The molecule has 0 unspecified atom stereocenters. The molecular formula is C25H24F6N6O6. The van der Waals surface area contributed by atoms with Gasteiger partial charge in [0, 0.05) is 30.1 Å². The monoisotopic (exact) mass is 618 g/mol.